The SMILES string of the molecule is NCCNC(=O)c1cccc(NC(=O)NC2CC2)c1. The maximum atomic E-state index is 11.7. The monoisotopic (exact) mass is 262 g/mol. The van der Waals surface area contributed by atoms with Crippen molar-refractivity contribution in [2.45, 2.75) is 18.9 Å². The number of rotatable bonds is 5. The van der Waals surface area contributed by atoms with Crippen LogP contribution in [0.3, 0.4) is 0 Å². The summed E-state index contributed by atoms with van der Waals surface area (Å²) < 4.78 is 0. The van der Waals surface area contributed by atoms with Crippen molar-refractivity contribution in [3.8, 4) is 0 Å². The van der Waals surface area contributed by atoms with Gasteiger partial charge in [0.1, 0.15) is 0 Å². The maximum absolute atomic E-state index is 11.7. The molecule has 1 aromatic rings. The van der Waals surface area contributed by atoms with Crippen LogP contribution in [-0.4, -0.2) is 31.1 Å². The molecule has 1 aliphatic rings. The third kappa shape index (κ3) is 4.26. The molecular weight excluding hydrogens is 244 g/mol. The first kappa shape index (κ1) is 13.4. The highest BCUT2D eigenvalue weighted by atomic mass is 16.2. The molecular formula is C13H18N4O2. The van der Waals surface area contributed by atoms with Gasteiger partial charge in [-0.25, -0.2) is 4.79 Å². The fraction of sp³-hybridized carbons (Fsp3) is 0.385. The summed E-state index contributed by atoms with van der Waals surface area (Å²) in [6, 6.07) is 6.86. The molecule has 0 saturated heterocycles. The summed E-state index contributed by atoms with van der Waals surface area (Å²) in [5.41, 5.74) is 6.42. The summed E-state index contributed by atoms with van der Waals surface area (Å²) in [5.74, 6) is -0.197. The van der Waals surface area contributed by atoms with Crippen molar-refractivity contribution in [3.05, 3.63) is 29.8 Å². The van der Waals surface area contributed by atoms with E-state index < -0.39 is 0 Å². The average molecular weight is 262 g/mol. The molecule has 3 amide bonds. The summed E-state index contributed by atoms with van der Waals surface area (Å²) in [6.07, 6.45) is 2.07. The number of benzene rings is 1. The summed E-state index contributed by atoms with van der Waals surface area (Å²) in [4.78, 5) is 23.3. The molecule has 19 heavy (non-hydrogen) atoms. The molecule has 0 unspecified atom stereocenters. The third-order valence-electron chi connectivity index (χ3n) is 2.73. The molecule has 2 rings (SSSR count). The summed E-state index contributed by atoms with van der Waals surface area (Å²) in [7, 11) is 0. The Morgan fingerprint density at radius 1 is 1.32 bits per heavy atom. The van der Waals surface area contributed by atoms with Crippen LogP contribution in [0.15, 0.2) is 24.3 Å². The second-order valence-electron chi connectivity index (χ2n) is 4.50. The first-order chi connectivity index (χ1) is 9.19. The predicted octanol–water partition coefficient (Wildman–Crippen LogP) is 0.659. The molecule has 1 fully saturated rings. The van der Waals surface area contributed by atoms with Crippen molar-refractivity contribution in [1.82, 2.24) is 10.6 Å². The van der Waals surface area contributed by atoms with Crippen molar-refractivity contribution in [2.75, 3.05) is 18.4 Å². The minimum Gasteiger partial charge on any atom is -0.351 e. The minimum absolute atomic E-state index is 0.197. The lowest BCUT2D eigenvalue weighted by Gasteiger charge is -2.08. The standard InChI is InChI=1S/C13H18N4O2/c14-6-7-15-12(18)9-2-1-3-11(8-9)17-13(19)16-10-4-5-10/h1-3,8,10H,4-7,14H2,(H,15,18)(H2,16,17,19). The Kier molecular flexibility index (Phi) is 4.35. The largest absolute Gasteiger partial charge is 0.351 e. The first-order valence-corrected chi connectivity index (χ1v) is 6.35. The van der Waals surface area contributed by atoms with E-state index >= 15 is 0 Å². The van der Waals surface area contributed by atoms with Crippen LogP contribution in [-0.2, 0) is 0 Å². The summed E-state index contributed by atoms with van der Waals surface area (Å²) in [6.45, 7) is 0.826. The molecule has 102 valence electrons. The number of carbonyl (C=O) groups excluding carboxylic acids is 2. The predicted molar refractivity (Wildman–Crippen MR) is 73.0 cm³/mol. The molecule has 6 nitrogen and oxygen atoms in total. The third-order valence-corrected chi connectivity index (χ3v) is 2.73. The average Bonchev–Trinajstić information content (AvgIpc) is 3.20. The quantitative estimate of drug-likeness (QED) is 0.627. The molecule has 0 aromatic heterocycles. The van der Waals surface area contributed by atoms with E-state index in [4.69, 9.17) is 5.73 Å². The van der Waals surface area contributed by atoms with E-state index in [9.17, 15) is 9.59 Å². The minimum atomic E-state index is -0.234. The smallest absolute Gasteiger partial charge is 0.319 e. The lowest BCUT2D eigenvalue weighted by molar-refractivity contribution is 0.0954. The molecule has 0 spiro atoms. The van der Waals surface area contributed by atoms with Gasteiger partial charge in [0.25, 0.3) is 5.91 Å². The Labute approximate surface area is 111 Å². The normalized spacial score (nSPS) is 13.7. The molecule has 1 aromatic carbocycles. The van der Waals surface area contributed by atoms with E-state index in [-0.39, 0.29) is 11.9 Å². The van der Waals surface area contributed by atoms with Crippen LogP contribution in [0.5, 0.6) is 0 Å². The van der Waals surface area contributed by atoms with Gasteiger partial charge in [0.15, 0.2) is 0 Å². The van der Waals surface area contributed by atoms with E-state index in [0.29, 0.717) is 30.4 Å². The Morgan fingerprint density at radius 2 is 2.11 bits per heavy atom. The highest BCUT2D eigenvalue weighted by Gasteiger charge is 2.23. The molecule has 0 bridgehead atoms. The molecule has 6 heteroatoms. The molecule has 0 heterocycles. The Balaban J connectivity index is 1.93. The van der Waals surface area contributed by atoms with Crippen LogP contribution in [0.4, 0.5) is 10.5 Å². The van der Waals surface area contributed by atoms with Crippen LogP contribution < -0.4 is 21.7 Å². The van der Waals surface area contributed by atoms with Crippen LogP contribution >= 0.6 is 0 Å². The number of nitrogens with one attached hydrogen (secondary N) is 3. The second-order valence-corrected chi connectivity index (χ2v) is 4.50. The van der Waals surface area contributed by atoms with Gasteiger partial charge in [-0.1, -0.05) is 6.07 Å². The van der Waals surface area contributed by atoms with Crippen molar-refractivity contribution < 1.29 is 9.59 Å². The van der Waals surface area contributed by atoms with Gasteiger partial charge in [-0.15, -0.1) is 0 Å². The molecule has 5 N–H and O–H groups in total. The van der Waals surface area contributed by atoms with Crippen LogP contribution in [0.25, 0.3) is 0 Å². The van der Waals surface area contributed by atoms with E-state index in [1.54, 1.807) is 24.3 Å². The summed E-state index contributed by atoms with van der Waals surface area (Å²) >= 11 is 0. The van der Waals surface area contributed by atoms with Gasteiger partial charge >= 0.3 is 6.03 Å². The maximum Gasteiger partial charge on any atom is 0.319 e. The van der Waals surface area contributed by atoms with Crippen LogP contribution in [0.1, 0.15) is 23.2 Å². The Bertz CT molecular complexity index is 471. The molecule has 0 atom stereocenters. The van der Waals surface area contributed by atoms with E-state index in [1.807, 2.05) is 0 Å². The van der Waals surface area contributed by atoms with Gasteiger partial charge < -0.3 is 21.7 Å². The van der Waals surface area contributed by atoms with Gasteiger partial charge in [-0.2, -0.15) is 0 Å². The van der Waals surface area contributed by atoms with E-state index in [0.717, 1.165) is 12.8 Å². The topological polar surface area (TPSA) is 96.2 Å². The number of amides is 3. The first-order valence-electron chi connectivity index (χ1n) is 6.35. The van der Waals surface area contributed by atoms with Crippen molar-refractivity contribution >= 4 is 17.6 Å². The second kappa shape index (κ2) is 6.19. The number of nitrogens with two attached hydrogens (primary N) is 1. The number of carbonyl (C=O) groups is 2. The summed E-state index contributed by atoms with van der Waals surface area (Å²) in [5, 5.41) is 8.21. The molecule has 1 saturated carbocycles. The molecule has 1 aliphatic carbocycles. The fourth-order valence-electron chi connectivity index (χ4n) is 1.61. The highest BCUT2D eigenvalue weighted by Crippen LogP contribution is 2.19. The van der Waals surface area contributed by atoms with Gasteiger partial charge in [0.05, 0.1) is 0 Å². The Hall–Kier alpha value is -2.08. The fourth-order valence-corrected chi connectivity index (χ4v) is 1.61. The highest BCUT2D eigenvalue weighted by molar-refractivity contribution is 5.96. The van der Waals surface area contributed by atoms with Crippen LogP contribution in [0.2, 0.25) is 0 Å². The number of hydrogen-bond acceptors (Lipinski definition) is 3. The van der Waals surface area contributed by atoms with Crippen molar-refractivity contribution in [1.29, 1.82) is 0 Å². The zero-order valence-electron chi connectivity index (χ0n) is 10.6. The number of anilines is 1. The zero-order chi connectivity index (χ0) is 13.7. The van der Waals surface area contributed by atoms with Gasteiger partial charge in [-0.05, 0) is 31.0 Å². The lowest BCUT2D eigenvalue weighted by atomic mass is 10.2. The van der Waals surface area contributed by atoms with E-state index in [2.05, 4.69) is 16.0 Å². The van der Waals surface area contributed by atoms with Gasteiger partial charge in [-0.3, -0.25) is 4.79 Å². The molecule has 0 aliphatic heterocycles. The lowest BCUT2D eigenvalue weighted by Crippen LogP contribution is -2.31. The zero-order valence-corrected chi connectivity index (χ0v) is 10.6. The number of hydrogen-bond donors (Lipinski definition) is 4. The van der Waals surface area contributed by atoms with E-state index in [1.165, 1.54) is 0 Å². The van der Waals surface area contributed by atoms with Crippen LogP contribution in [0, 0.1) is 0 Å². The Morgan fingerprint density at radius 3 is 2.79 bits per heavy atom. The van der Waals surface area contributed by atoms with Gasteiger partial charge in [0, 0.05) is 30.4 Å². The van der Waals surface area contributed by atoms with Gasteiger partial charge in [0.2, 0.25) is 0 Å². The van der Waals surface area contributed by atoms with Crippen molar-refractivity contribution in [3.63, 3.8) is 0 Å². The molecule has 0 radical (unpaired) electrons. The number of urea groups is 1. The van der Waals surface area contributed by atoms with Crippen molar-refractivity contribution in [2.24, 2.45) is 5.73 Å².